The van der Waals surface area contributed by atoms with Gasteiger partial charge in [0.2, 0.25) is 5.91 Å². The van der Waals surface area contributed by atoms with Crippen molar-refractivity contribution in [2.75, 3.05) is 24.2 Å². The van der Waals surface area contributed by atoms with E-state index in [1.165, 1.54) is 24.3 Å². The molecule has 2 amide bonds. The fourth-order valence-corrected chi connectivity index (χ4v) is 5.87. The molecule has 0 aromatic heterocycles. The van der Waals surface area contributed by atoms with Gasteiger partial charge in [-0.3, -0.25) is 9.59 Å². The number of amides is 2. The third-order valence-corrected chi connectivity index (χ3v) is 9.17. The Morgan fingerprint density at radius 3 is 2.12 bits per heavy atom. The number of nitrogens with one attached hydrogen (secondary N) is 2. The second-order valence-corrected chi connectivity index (χ2v) is 12.2. The lowest BCUT2D eigenvalue weighted by atomic mass is 9.86. The number of anilines is 1. The minimum atomic E-state index is -4.40. The molecule has 3 aromatic carbocycles. The molecule has 218 valence electrons. The lowest BCUT2D eigenvalue weighted by Gasteiger charge is -2.40. The van der Waals surface area contributed by atoms with Crippen LogP contribution in [0.5, 0.6) is 0 Å². The predicted molar refractivity (Wildman–Crippen MR) is 150 cm³/mol. The second kappa shape index (κ2) is 12.3. The summed E-state index contributed by atoms with van der Waals surface area (Å²) in [5.74, 6) is -0.531. The van der Waals surface area contributed by atoms with E-state index in [1.807, 2.05) is 4.90 Å². The van der Waals surface area contributed by atoms with Crippen molar-refractivity contribution in [1.82, 2.24) is 10.6 Å². The summed E-state index contributed by atoms with van der Waals surface area (Å²) < 4.78 is 63.0. The number of carbonyl (C=O) groups excluding carboxylic acids is 2. The Morgan fingerprint density at radius 2 is 1.56 bits per heavy atom. The van der Waals surface area contributed by atoms with Gasteiger partial charge in [0.15, 0.2) is 9.84 Å². The van der Waals surface area contributed by atoms with Crippen LogP contribution in [0.15, 0.2) is 77.7 Å². The summed E-state index contributed by atoms with van der Waals surface area (Å²) in [4.78, 5) is 27.6. The topological polar surface area (TPSA) is 95.6 Å². The first-order valence-corrected chi connectivity index (χ1v) is 14.9. The van der Waals surface area contributed by atoms with E-state index in [1.54, 1.807) is 50.4 Å². The maximum absolute atomic E-state index is 13.0. The highest BCUT2D eigenvalue weighted by molar-refractivity contribution is 7.91. The maximum atomic E-state index is 13.0. The molecule has 1 unspecified atom stereocenters. The summed E-state index contributed by atoms with van der Waals surface area (Å²) in [5, 5.41) is 5.51. The Hall–Kier alpha value is -3.86. The van der Waals surface area contributed by atoms with Gasteiger partial charge in [-0.2, -0.15) is 13.2 Å². The highest BCUT2D eigenvalue weighted by atomic mass is 32.2. The molecule has 0 bridgehead atoms. The van der Waals surface area contributed by atoms with Crippen molar-refractivity contribution in [2.24, 2.45) is 0 Å². The van der Waals surface area contributed by atoms with Gasteiger partial charge < -0.3 is 15.5 Å². The van der Waals surface area contributed by atoms with E-state index in [9.17, 15) is 31.2 Å². The SMILES string of the molecule is CCS(=O)(=O)c1ccc(CNC(=O)c2ccc(N3CC(c4ccc(C(F)(F)F)cc4)CC[C@H]3C(=O)NC)cc2)cc1. The normalized spacial score (nSPS) is 17.6. The number of rotatable bonds is 8. The first-order valence-electron chi connectivity index (χ1n) is 13.3. The van der Waals surface area contributed by atoms with Gasteiger partial charge in [-0.1, -0.05) is 31.2 Å². The maximum Gasteiger partial charge on any atom is 0.416 e. The molecular weight excluding hydrogens is 555 g/mol. The summed E-state index contributed by atoms with van der Waals surface area (Å²) in [6.45, 7) is 2.22. The number of sulfone groups is 1. The highest BCUT2D eigenvalue weighted by Gasteiger charge is 2.34. The Kier molecular flexibility index (Phi) is 9.06. The van der Waals surface area contributed by atoms with Gasteiger partial charge in [-0.05, 0) is 72.5 Å². The van der Waals surface area contributed by atoms with Crippen LogP contribution in [0.4, 0.5) is 18.9 Å². The second-order valence-electron chi connectivity index (χ2n) is 9.95. The zero-order chi connectivity index (χ0) is 29.8. The molecular formula is C30H32F3N3O4S. The lowest BCUT2D eigenvalue weighted by Crippen LogP contribution is -2.50. The average molecular weight is 588 g/mol. The molecule has 2 N–H and O–H groups in total. The lowest BCUT2D eigenvalue weighted by molar-refractivity contribution is -0.137. The summed E-state index contributed by atoms with van der Waals surface area (Å²) in [7, 11) is -1.74. The molecule has 4 rings (SSSR count). The molecule has 41 heavy (non-hydrogen) atoms. The Balaban J connectivity index is 1.45. The fourth-order valence-electron chi connectivity index (χ4n) is 4.98. The van der Waals surface area contributed by atoms with Gasteiger partial charge in [-0.15, -0.1) is 0 Å². The van der Waals surface area contributed by atoms with E-state index in [-0.39, 0.29) is 34.9 Å². The van der Waals surface area contributed by atoms with Crippen LogP contribution < -0.4 is 15.5 Å². The Labute approximate surface area is 237 Å². The van der Waals surface area contributed by atoms with E-state index >= 15 is 0 Å². The summed E-state index contributed by atoms with van der Waals surface area (Å²) >= 11 is 0. The van der Waals surface area contributed by atoms with Crippen LogP contribution >= 0.6 is 0 Å². The zero-order valence-corrected chi connectivity index (χ0v) is 23.6. The quantitative estimate of drug-likeness (QED) is 0.390. The van der Waals surface area contributed by atoms with Gasteiger partial charge in [0, 0.05) is 37.3 Å². The van der Waals surface area contributed by atoms with Gasteiger partial charge in [0.05, 0.1) is 16.2 Å². The van der Waals surface area contributed by atoms with Gasteiger partial charge in [-0.25, -0.2) is 8.42 Å². The number of alkyl halides is 3. The minimum absolute atomic E-state index is 0.0100. The molecule has 1 heterocycles. The van der Waals surface area contributed by atoms with E-state index in [4.69, 9.17) is 0 Å². The number of hydrogen-bond acceptors (Lipinski definition) is 5. The Bertz CT molecular complexity index is 1470. The average Bonchev–Trinajstić information content (AvgIpc) is 2.99. The van der Waals surface area contributed by atoms with Gasteiger partial charge >= 0.3 is 6.18 Å². The number of likely N-dealkylation sites (N-methyl/N-ethyl adjacent to an activating group) is 1. The number of benzene rings is 3. The first kappa shape index (κ1) is 30.1. The number of carbonyl (C=O) groups is 2. The van der Waals surface area contributed by atoms with Gasteiger partial charge in [0.25, 0.3) is 5.91 Å². The van der Waals surface area contributed by atoms with Gasteiger partial charge in [0.1, 0.15) is 6.04 Å². The van der Waals surface area contributed by atoms with Crippen LogP contribution in [-0.4, -0.2) is 45.6 Å². The highest BCUT2D eigenvalue weighted by Crippen LogP contribution is 2.35. The summed E-state index contributed by atoms with van der Waals surface area (Å²) in [6, 6.07) is 17.9. The van der Waals surface area contributed by atoms with Crippen LogP contribution in [0.25, 0.3) is 0 Å². The molecule has 0 aliphatic carbocycles. The first-order chi connectivity index (χ1) is 19.4. The standard InChI is InChI=1S/C30H32F3N3O4S/c1-3-41(39,40)26-15-4-20(5-16-26)18-35-28(37)22-8-13-25(14-9-22)36-19-23(10-17-27(36)29(38)34-2)21-6-11-24(12-7-21)30(31,32)33/h4-9,11-16,23,27H,3,10,17-19H2,1-2H3,(H,34,38)(H,35,37)/t23?,27-/m0/s1. The van der Waals surface area contributed by atoms with Crippen molar-refractivity contribution >= 4 is 27.3 Å². The molecule has 0 radical (unpaired) electrons. The molecule has 7 nitrogen and oxygen atoms in total. The molecule has 1 aliphatic heterocycles. The van der Waals surface area contributed by atoms with Crippen molar-refractivity contribution in [3.63, 3.8) is 0 Å². The van der Waals surface area contributed by atoms with E-state index in [0.29, 0.717) is 24.9 Å². The monoisotopic (exact) mass is 587 g/mol. The van der Waals surface area contributed by atoms with Crippen LogP contribution in [0.3, 0.4) is 0 Å². The largest absolute Gasteiger partial charge is 0.416 e. The van der Waals surface area contributed by atoms with E-state index < -0.39 is 27.6 Å². The van der Waals surface area contributed by atoms with E-state index in [0.717, 1.165) is 28.9 Å². The summed E-state index contributed by atoms with van der Waals surface area (Å²) in [5.41, 5.74) is 1.95. The number of nitrogens with zero attached hydrogens (tertiary/aromatic N) is 1. The van der Waals surface area contributed by atoms with Crippen molar-refractivity contribution in [3.8, 4) is 0 Å². The zero-order valence-electron chi connectivity index (χ0n) is 22.7. The van der Waals surface area contributed by atoms with Crippen LogP contribution in [-0.2, 0) is 27.4 Å². The van der Waals surface area contributed by atoms with Crippen molar-refractivity contribution < 1.29 is 31.2 Å². The van der Waals surface area contributed by atoms with Crippen LogP contribution in [0, 0.1) is 0 Å². The molecule has 3 aromatic rings. The number of hydrogen-bond donors (Lipinski definition) is 2. The third-order valence-electron chi connectivity index (χ3n) is 7.42. The molecule has 1 fully saturated rings. The summed E-state index contributed by atoms with van der Waals surface area (Å²) in [6.07, 6.45) is -3.24. The number of piperidine rings is 1. The van der Waals surface area contributed by atoms with Crippen LogP contribution in [0.2, 0.25) is 0 Å². The van der Waals surface area contributed by atoms with Crippen molar-refractivity contribution in [1.29, 1.82) is 0 Å². The number of halogens is 3. The minimum Gasteiger partial charge on any atom is -0.359 e. The molecule has 0 spiro atoms. The van der Waals surface area contributed by atoms with Crippen molar-refractivity contribution in [3.05, 3.63) is 95.1 Å². The van der Waals surface area contributed by atoms with Crippen molar-refractivity contribution in [2.45, 2.75) is 49.3 Å². The van der Waals surface area contributed by atoms with E-state index in [2.05, 4.69) is 10.6 Å². The molecule has 0 saturated carbocycles. The smallest absolute Gasteiger partial charge is 0.359 e. The molecule has 2 atom stereocenters. The Morgan fingerprint density at radius 1 is 0.927 bits per heavy atom. The fraction of sp³-hybridized carbons (Fsp3) is 0.333. The van der Waals surface area contributed by atoms with Crippen LogP contribution in [0.1, 0.15) is 52.7 Å². The molecule has 11 heteroatoms. The molecule has 1 saturated heterocycles. The predicted octanol–water partition coefficient (Wildman–Crippen LogP) is 4.93. The third kappa shape index (κ3) is 7.08. The molecule has 1 aliphatic rings.